The number of benzene rings is 1. The summed E-state index contributed by atoms with van der Waals surface area (Å²) in [5.41, 5.74) is 1.78. The Balaban J connectivity index is 1.62. The van der Waals surface area contributed by atoms with E-state index >= 15 is 0 Å². The van der Waals surface area contributed by atoms with Gasteiger partial charge in [0.25, 0.3) is 0 Å². The lowest BCUT2D eigenvalue weighted by atomic mass is 10.1. The normalized spacial score (nSPS) is 19.2. The maximum Gasteiger partial charge on any atom is 0.410 e. The lowest BCUT2D eigenvalue weighted by Crippen LogP contribution is -2.54. The Morgan fingerprint density at radius 3 is 2.76 bits per heavy atom. The van der Waals surface area contributed by atoms with Crippen LogP contribution in [-0.4, -0.2) is 52.2 Å². The van der Waals surface area contributed by atoms with Crippen LogP contribution in [0.4, 0.5) is 4.79 Å². The molecule has 0 saturated carbocycles. The highest BCUT2D eigenvalue weighted by molar-refractivity contribution is 5.78. The Bertz CT molecular complexity index is 754. The summed E-state index contributed by atoms with van der Waals surface area (Å²) >= 11 is 0. The number of hydrogen-bond donors (Lipinski definition) is 0. The number of rotatable bonds is 2. The molecular formula is C20H27N3O2. The Kier molecular flexibility index (Phi) is 4.95. The predicted molar refractivity (Wildman–Crippen MR) is 99.4 cm³/mol. The van der Waals surface area contributed by atoms with E-state index in [4.69, 9.17) is 4.74 Å². The van der Waals surface area contributed by atoms with E-state index in [0.29, 0.717) is 13.1 Å². The first-order valence-electron chi connectivity index (χ1n) is 8.87. The van der Waals surface area contributed by atoms with Gasteiger partial charge in [-0.15, -0.1) is 0 Å². The topological polar surface area (TPSA) is 45.7 Å². The van der Waals surface area contributed by atoms with Crippen molar-refractivity contribution >= 4 is 17.0 Å². The highest BCUT2D eigenvalue weighted by Gasteiger charge is 2.29. The molecule has 0 N–H and O–H groups in total. The molecule has 0 spiro atoms. The maximum absolute atomic E-state index is 12.2. The van der Waals surface area contributed by atoms with Gasteiger partial charge in [-0.3, -0.25) is 9.88 Å². The third kappa shape index (κ3) is 4.48. The molecule has 0 radical (unpaired) electrons. The second kappa shape index (κ2) is 7.00. The predicted octanol–water partition coefficient (Wildman–Crippen LogP) is 3.68. The fraction of sp³-hybridized carbons (Fsp3) is 0.500. The van der Waals surface area contributed by atoms with Crippen LogP contribution < -0.4 is 0 Å². The van der Waals surface area contributed by atoms with Gasteiger partial charge in [-0.1, -0.05) is 18.2 Å². The van der Waals surface area contributed by atoms with Gasteiger partial charge < -0.3 is 9.64 Å². The molecule has 2 heterocycles. The molecule has 1 aliphatic rings. The van der Waals surface area contributed by atoms with Crippen LogP contribution in [-0.2, 0) is 11.3 Å². The van der Waals surface area contributed by atoms with Crippen molar-refractivity contribution in [2.75, 3.05) is 19.6 Å². The zero-order valence-electron chi connectivity index (χ0n) is 15.5. The average Bonchev–Trinajstić information content (AvgIpc) is 2.55. The minimum atomic E-state index is -0.450. The van der Waals surface area contributed by atoms with Crippen molar-refractivity contribution in [3.63, 3.8) is 0 Å². The van der Waals surface area contributed by atoms with Crippen molar-refractivity contribution in [3.05, 3.63) is 42.1 Å². The first kappa shape index (κ1) is 17.7. The fourth-order valence-corrected chi connectivity index (χ4v) is 3.16. The van der Waals surface area contributed by atoms with Crippen molar-refractivity contribution in [2.45, 2.75) is 45.9 Å². The van der Waals surface area contributed by atoms with E-state index in [9.17, 15) is 4.79 Å². The van der Waals surface area contributed by atoms with Crippen molar-refractivity contribution in [3.8, 4) is 0 Å². The molecule has 1 atom stereocenters. The lowest BCUT2D eigenvalue weighted by Gasteiger charge is -2.40. The first-order valence-corrected chi connectivity index (χ1v) is 8.87. The Hall–Kier alpha value is -2.14. The van der Waals surface area contributed by atoms with Gasteiger partial charge in [0.2, 0.25) is 0 Å². The standard InChI is InChI=1S/C20H27N3O2/c1-15-13-23(19(24)25-20(2,3)4)10-9-22(15)14-16-11-17-7-5-6-8-18(17)21-12-16/h5-8,11-12,15H,9-10,13-14H2,1-4H3. The number of amides is 1. The van der Waals surface area contributed by atoms with Gasteiger partial charge in [-0.2, -0.15) is 0 Å². The molecule has 0 aliphatic carbocycles. The van der Waals surface area contributed by atoms with E-state index in [1.165, 1.54) is 10.9 Å². The number of nitrogens with zero attached hydrogens (tertiary/aromatic N) is 3. The van der Waals surface area contributed by atoms with Gasteiger partial charge in [0, 0.05) is 43.8 Å². The summed E-state index contributed by atoms with van der Waals surface area (Å²) in [4.78, 5) is 21.0. The number of para-hydroxylation sites is 1. The number of carbonyl (C=O) groups excluding carboxylic acids is 1. The van der Waals surface area contributed by atoms with Crippen LogP contribution >= 0.6 is 0 Å². The van der Waals surface area contributed by atoms with E-state index in [1.54, 1.807) is 0 Å². The van der Waals surface area contributed by atoms with Crippen molar-refractivity contribution in [1.82, 2.24) is 14.8 Å². The average molecular weight is 341 g/mol. The van der Waals surface area contributed by atoms with Crippen molar-refractivity contribution in [1.29, 1.82) is 0 Å². The number of aromatic nitrogens is 1. The summed E-state index contributed by atoms with van der Waals surface area (Å²) in [7, 11) is 0. The Morgan fingerprint density at radius 2 is 2.04 bits per heavy atom. The summed E-state index contributed by atoms with van der Waals surface area (Å²) in [5, 5.41) is 1.17. The van der Waals surface area contributed by atoms with E-state index < -0.39 is 5.60 Å². The third-order valence-electron chi connectivity index (χ3n) is 4.45. The second-order valence-electron chi connectivity index (χ2n) is 7.78. The van der Waals surface area contributed by atoms with E-state index in [1.807, 2.05) is 50.1 Å². The minimum absolute atomic E-state index is 0.216. The van der Waals surface area contributed by atoms with Crippen LogP contribution in [0.3, 0.4) is 0 Å². The number of pyridine rings is 1. The molecule has 134 valence electrons. The summed E-state index contributed by atoms with van der Waals surface area (Å²) in [6.07, 6.45) is 1.74. The van der Waals surface area contributed by atoms with Crippen LogP contribution in [0.25, 0.3) is 10.9 Å². The molecule has 5 nitrogen and oxygen atoms in total. The number of fused-ring (bicyclic) bond motifs is 1. The highest BCUT2D eigenvalue weighted by atomic mass is 16.6. The van der Waals surface area contributed by atoms with E-state index in [-0.39, 0.29) is 12.1 Å². The van der Waals surface area contributed by atoms with Crippen LogP contribution in [0.5, 0.6) is 0 Å². The second-order valence-corrected chi connectivity index (χ2v) is 7.78. The lowest BCUT2D eigenvalue weighted by molar-refractivity contribution is 0.00460. The number of carbonyl (C=O) groups is 1. The van der Waals surface area contributed by atoms with Crippen molar-refractivity contribution in [2.24, 2.45) is 0 Å². The van der Waals surface area contributed by atoms with Gasteiger partial charge in [0.1, 0.15) is 5.60 Å². The summed E-state index contributed by atoms with van der Waals surface area (Å²) < 4.78 is 5.49. The largest absolute Gasteiger partial charge is 0.444 e. The van der Waals surface area contributed by atoms with Crippen LogP contribution in [0.1, 0.15) is 33.3 Å². The first-order chi connectivity index (χ1) is 11.8. The van der Waals surface area contributed by atoms with Gasteiger partial charge >= 0.3 is 6.09 Å². The van der Waals surface area contributed by atoms with Gasteiger partial charge in [0.05, 0.1) is 5.52 Å². The number of piperazine rings is 1. The molecule has 3 rings (SSSR count). The number of hydrogen-bond acceptors (Lipinski definition) is 4. The molecule has 5 heteroatoms. The molecule has 1 saturated heterocycles. The Morgan fingerprint density at radius 1 is 1.28 bits per heavy atom. The summed E-state index contributed by atoms with van der Waals surface area (Å²) in [5.74, 6) is 0. The van der Waals surface area contributed by atoms with E-state index in [0.717, 1.165) is 18.6 Å². The fourth-order valence-electron chi connectivity index (χ4n) is 3.16. The highest BCUT2D eigenvalue weighted by Crippen LogP contribution is 2.19. The zero-order valence-corrected chi connectivity index (χ0v) is 15.5. The van der Waals surface area contributed by atoms with Gasteiger partial charge in [0.15, 0.2) is 0 Å². The van der Waals surface area contributed by atoms with Crippen molar-refractivity contribution < 1.29 is 9.53 Å². The SMILES string of the molecule is CC1CN(C(=O)OC(C)(C)C)CCN1Cc1cnc2ccccc2c1. The van der Waals surface area contributed by atoms with Crippen LogP contribution in [0, 0.1) is 0 Å². The molecule has 1 fully saturated rings. The quantitative estimate of drug-likeness (QED) is 0.836. The molecule has 25 heavy (non-hydrogen) atoms. The summed E-state index contributed by atoms with van der Waals surface area (Å²) in [6, 6.07) is 10.7. The molecule has 2 aromatic rings. The molecular weight excluding hydrogens is 314 g/mol. The molecule has 0 bridgehead atoms. The van der Waals surface area contributed by atoms with Crippen LogP contribution in [0.15, 0.2) is 36.5 Å². The molecule has 1 amide bonds. The monoisotopic (exact) mass is 341 g/mol. The zero-order chi connectivity index (χ0) is 18.0. The smallest absolute Gasteiger partial charge is 0.410 e. The third-order valence-corrected chi connectivity index (χ3v) is 4.45. The molecule has 1 aliphatic heterocycles. The summed E-state index contributed by atoms with van der Waals surface area (Å²) in [6.45, 7) is 10.9. The van der Waals surface area contributed by atoms with Gasteiger partial charge in [-0.25, -0.2) is 4.79 Å². The Labute approximate surface area is 149 Å². The van der Waals surface area contributed by atoms with E-state index in [2.05, 4.69) is 28.9 Å². The molecule has 1 unspecified atom stereocenters. The van der Waals surface area contributed by atoms with Crippen LogP contribution in [0.2, 0.25) is 0 Å². The molecule has 1 aromatic heterocycles. The van der Waals surface area contributed by atoms with Gasteiger partial charge in [-0.05, 0) is 45.4 Å². The number of ether oxygens (including phenoxy) is 1. The molecule has 1 aromatic carbocycles. The maximum atomic E-state index is 12.2. The minimum Gasteiger partial charge on any atom is -0.444 e.